The van der Waals surface area contributed by atoms with Gasteiger partial charge in [0.15, 0.2) is 11.8 Å². The Morgan fingerprint density at radius 2 is 2.14 bits per heavy atom. The van der Waals surface area contributed by atoms with E-state index in [-0.39, 0.29) is 10.4 Å². The number of hydrogen-bond acceptors (Lipinski definition) is 3. The quantitative estimate of drug-likeness (QED) is 0.317. The second-order valence-corrected chi connectivity index (χ2v) is 2.58. The first kappa shape index (κ1) is 10.3. The van der Waals surface area contributed by atoms with Crippen LogP contribution >= 0.6 is 0 Å². The van der Waals surface area contributed by atoms with Crippen LogP contribution in [0, 0.1) is 22.2 Å². The highest BCUT2D eigenvalue weighted by atomic mass is 19.3. The third-order valence-corrected chi connectivity index (χ3v) is 1.78. The number of pyridine rings is 1. The molecule has 0 unspecified atom stereocenters. The van der Waals surface area contributed by atoms with Crippen LogP contribution in [0.4, 0.5) is 14.5 Å². The molecule has 0 fully saturated rings. The van der Waals surface area contributed by atoms with E-state index in [4.69, 9.17) is 0 Å². The van der Waals surface area contributed by atoms with E-state index in [2.05, 4.69) is 0 Å². The fraction of sp³-hybridized carbons (Fsp3) is 0.286. The van der Waals surface area contributed by atoms with Crippen molar-refractivity contribution < 1.29 is 18.4 Å². The summed E-state index contributed by atoms with van der Waals surface area (Å²) in [7, 11) is 0. The largest absolute Gasteiger partial charge is 0.618 e. The maximum absolute atomic E-state index is 12.4. The van der Waals surface area contributed by atoms with Crippen LogP contribution in [0.3, 0.4) is 0 Å². The molecule has 0 atom stereocenters. The molecular weight excluding hydrogens is 198 g/mol. The summed E-state index contributed by atoms with van der Waals surface area (Å²) in [5.41, 5.74) is -1.91. The minimum absolute atomic E-state index is 0.175. The van der Waals surface area contributed by atoms with Crippen LogP contribution in [0.5, 0.6) is 0 Å². The maximum Gasteiger partial charge on any atom is 0.290 e. The topological polar surface area (TPSA) is 70.1 Å². The smallest absolute Gasteiger partial charge is 0.290 e. The summed E-state index contributed by atoms with van der Waals surface area (Å²) in [5, 5.41) is 21.2. The van der Waals surface area contributed by atoms with Gasteiger partial charge in [-0.25, -0.2) is 8.78 Å². The Labute approximate surface area is 77.3 Å². The highest BCUT2D eigenvalue weighted by Crippen LogP contribution is 2.29. The first-order valence-electron chi connectivity index (χ1n) is 3.60. The predicted molar refractivity (Wildman–Crippen MR) is 41.8 cm³/mol. The Kier molecular flexibility index (Phi) is 2.59. The van der Waals surface area contributed by atoms with Crippen LogP contribution < -0.4 is 4.73 Å². The molecule has 0 aromatic carbocycles. The summed E-state index contributed by atoms with van der Waals surface area (Å²) < 4.78 is 24.9. The van der Waals surface area contributed by atoms with Crippen LogP contribution in [0.1, 0.15) is 17.7 Å². The average Bonchev–Trinajstić information content (AvgIpc) is 2.08. The molecule has 1 heterocycles. The lowest BCUT2D eigenvalue weighted by Gasteiger charge is -2.05. The van der Waals surface area contributed by atoms with Gasteiger partial charge in [0, 0.05) is 6.92 Å². The van der Waals surface area contributed by atoms with E-state index in [0.717, 1.165) is 19.2 Å². The van der Waals surface area contributed by atoms with Crippen LogP contribution in [0.2, 0.25) is 0 Å². The van der Waals surface area contributed by atoms with Gasteiger partial charge in [0.25, 0.3) is 12.1 Å². The molecule has 1 aromatic rings. The second-order valence-electron chi connectivity index (χ2n) is 2.58. The van der Waals surface area contributed by atoms with Crippen molar-refractivity contribution in [2.24, 2.45) is 0 Å². The fourth-order valence-electron chi connectivity index (χ4n) is 1.07. The molecule has 0 bridgehead atoms. The third kappa shape index (κ3) is 1.61. The zero-order valence-electron chi connectivity index (χ0n) is 7.11. The van der Waals surface area contributed by atoms with Crippen LogP contribution in [-0.4, -0.2) is 4.92 Å². The second kappa shape index (κ2) is 3.52. The van der Waals surface area contributed by atoms with Gasteiger partial charge in [-0.2, -0.15) is 4.73 Å². The highest BCUT2D eigenvalue weighted by molar-refractivity contribution is 5.40. The third-order valence-electron chi connectivity index (χ3n) is 1.78. The van der Waals surface area contributed by atoms with Crippen molar-refractivity contribution in [1.82, 2.24) is 0 Å². The molecule has 0 spiro atoms. The van der Waals surface area contributed by atoms with Crippen molar-refractivity contribution in [2.75, 3.05) is 0 Å². The van der Waals surface area contributed by atoms with Gasteiger partial charge in [-0.1, -0.05) is 0 Å². The van der Waals surface area contributed by atoms with Gasteiger partial charge in [0.1, 0.15) is 0 Å². The molecule has 7 heteroatoms. The zero-order valence-corrected chi connectivity index (χ0v) is 7.11. The summed E-state index contributed by atoms with van der Waals surface area (Å²) in [6, 6.07) is 0.765. The van der Waals surface area contributed by atoms with Gasteiger partial charge >= 0.3 is 0 Å². The number of halogens is 2. The first-order chi connectivity index (χ1) is 6.45. The number of nitro groups is 1. The molecule has 76 valence electrons. The molecule has 0 aliphatic carbocycles. The summed E-state index contributed by atoms with van der Waals surface area (Å²) in [6.45, 7) is 1.11. The number of nitrogens with zero attached hydrogens (tertiary/aromatic N) is 2. The molecule has 0 saturated heterocycles. The van der Waals surface area contributed by atoms with Crippen LogP contribution in [-0.2, 0) is 0 Å². The Balaban J connectivity index is 3.45. The summed E-state index contributed by atoms with van der Waals surface area (Å²) >= 11 is 0. The summed E-state index contributed by atoms with van der Waals surface area (Å²) in [4.78, 5) is 9.41. The minimum atomic E-state index is -3.03. The Morgan fingerprint density at radius 3 is 2.57 bits per heavy atom. The van der Waals surface area contributed by atoms with E-state index in [1.54, 1.807) is 0 Å². The van der Waals surface area contributed by atoms with Gasteiger partial charge in [0.2, 0.25) is 5.69 Å². The maximum atomic E-state index is 12.4. The molecule has 0 saturated carbocycles. The standard InChI is InChI=1S/C7H6F2N2O3/c1-4-6(7(8)9)5(11(13)14)2-3-10(4)12/h2-3,7H,1H3. The summed E-state index contributed by atoms with van der Waals surface area (Å²) in [6.07, 6.45) is -2.20. The Hall–Kier alpha value is -1.79. The molecule has 1 rings (SSSR count). The SMILES string of the molecule is Cc1c(C(F)F)c([N+](=O)[O-])cc[n+]1[O-]. The molecule has 0 amide bonds. The number of aromatic nitrogens is 1. The lowest BCUT2D eigenvalue weighted by molar-refractivity contribution is -0.613. The van der Waals surface area contributed by atoms with Gasteiger partial charge in [-0.3, -0.25) is 10.1 Å². The van der Waals surface area contributed by atoms with Gasteiger partial charge in [-0.15, -0.1) is 0 Å². The van der Waals surface area contributed by atoms with Crippen molar-refractivity contribution >= 4 is 5.69 Å². The monoisotopic (exact) mass is 204 g/mol. The molecule has 0 aliphatic rings. The summed E-state index contributed by atoms with van der Waals surface area (Å²) in [5.74, 6) is 0. The number of alkyl halides is 2. The van der Waals surface area contributed by atoms with Crippen molar-refractivity contribution in [3.8, 4) is 0 Å². The van der Waals surface area contributed by atoms with Crippen LogP contribution in [0.25, 0.3) is 0 Å². The van der Waals surface area contributed by atoms with E-state index < -0.39 is 22.6 Å². The number of rotatable bonds is 2. The Bertz CT molecular complexity index is 381. The zero-order chi connectivity index (χ0) is 10.9. The molecule has 1 aromatic heterocycles. The Morgan fingerprint density at radius 1 is 1.57 bits per heavy atom. The van der Waals surface area contributed by atoms with E-state index in [0.29, 0.717) is 0 Å². The lowest BCUT2D eigenvalue weighted by atomic mass is 10.2. The van der Waals surface area contributed by atoms with Gasteiger partial charge < -0.3 is 5.21 Å². The lowest BCUT2D eigenvalue weighted by Crippen LogP contribution is -2.31. The number of hydrogen-bond donors (Lipinski definition) is 0. The molecule has 14 heavy (non-hydrogen) atoms. The minimum Gasteiger partial charge on any atom is -0.618 e. The normalized spacial score (nSPS) is 10.6. The van der Waals surface area contributed by atoms with Crippen molar-refractivity contribution in [3.05, 3.63) is 38.8 Å². The van der Waals surface area contributed by atoms with Crippen LogP contribution in [0.15, 0.2) is 12.3 Å². The molecule has 5 nitrogen and oxygen atoms in total. The van der Waals surface area contributed by atoms with Crippen molar-refractivity contribution in [3.63, 3.8) is 0 Å². The molecule has 0 N–H and O–H groups in total. The molecule has 0 radical (unpaired) electrons. The van der Waals surface area contributed by atoms with E-state index in [9.17, 15) is 24.1 Å². The van der Waals surface area contributed by atoms with Gasteiger partial charge in [-0.05, 0) is 0 Å². The van der Waals surface area contributed by atoms with E-state index in [1.165, 1.54) is 0 Å². The van der Waals surface area contributed by atoms with Gasteiger partial charge in [0.05, 0.1) is 11.0 Å². The predicted octanol–water partition coefficient (Wildman–Crippen LogP) is 1.47. The van der Waals surface area contributed by atoms with Crippen molar-refractivity contribution in [1.29, 1.82) is 0 Å². The van der Waals surface area contributed by atoms with E-state index in [1.807, 2.05) is 0 Å². The molecule has 0 aliphatic heterocycles. The molecular formula is C7H6F2N2O3. The average molecular weight is 204 g/mol. The highest BCUT2D eigenvalue weighted by Gasteiger charge is 2.28. The van der Waals surface area contributed by atoms with Crippen molar-refractivity contribution in [2.45, 2.75) is 13.3 Å². The fourth-order valence-corrected chi connectivity index (χ4v) is 1.07. The van der Waals surface area contributed by atoms with E-state index >= 15 is 0 Å². The first-order valence-corrected chi connectivity index (χ1v) is 3.60.